The van der Waals surface area contributed by atoms with Crippen LogP contribution in [0.3, 0.4) is 0 Å². The standard InChI is InChI=1S/C28H31FN10O3/c1-15-10-21(38-37-15)34-26-24-20(11-23(40)35-24)33-25(36-26)17-6-8-28(42-3,9-7-17)27(41)32-16(2)18-4-5-22(30-12-18)39-14-19(29)13-31-39/h4-5,10,12-14,16-17H,6-9,11H2,1-3H3,(H,32,41)(H,35,40)(H2,33,34,36,37,38)/t16-,17-,28+/m0/s1. The number of hydrogen-bond acceptors (Lipinski definition) is 9. The maximum absolute atomic E-state index is 13.5. The number of H-pyrrole nitrogens is 1. The summed E-state index contributed by atoms with van der Waals surface area (Å²) in [4.78, 5) is 39.5. The van der Waals surface area contributed by atoms with Gasteiger partial charge in [-0.05, 0) is 51.2 Å². The number of aryl methyl sites for hydroxylation is 1. The van der Waals surface area contributed by atoms with Gasteiger partial charge in [0.15, 0.2) is 23.3 Å². The van der Waals surface area contributed by atoms with Crippen molar-refractivity contribution < 1.29 is 18.7 Å². The smallest absolute Gasteiger partial charge is 0.252 e. The third kappa shape index (κ3) is 5.32. The zero-order valence-corrected chi connectivity index (χ0v) is 23.4. The predicted molar refractivity (Wildman–Crippen MR) is 150 cm³/mol. The second kappa shape index (κ2) is 10.9. The summed E-state index contributed by atoms with van der Waals surface area (Å²) < 4.78 is 20.5. The Bertz CT molecular complexity index is 1630. The summed E-state index contributed by atoms with van der Waals surface area (Å²) in [6.45, 7) is 3.77. The number of pyridine rings is 1. The Kier molecular flexibility index (Phi) is 7.14. The molecule has 14 heteroatoms. The van der Waals surface area contributed by atoms with Gasteiger partial charge in [0, 0.05) is 31.0 Å². The van der Waals surface area contributed by atoms with E-state index in [9.17, 15) is 14.0 Å². The number of anilines is 3. The summed E-state index contributed by atoms with van der Waals surface area (Å²) in [5.74, 6) is 1.40. The van der Waals surface area contributed by atoms with Crippen molar-refractivity contribution in [1.82, 2.24) is 40.2 Å². The topological polar surface area (TPSA) is 165 Å². The van der Waals surface area contributed by atoms with Crippen molar-refractivity contribution in [1.29, 1.82) is 0 Å². The molecule has 0 saturated heterocycles. The number of halogens is 1. The summed E-state index contributed by atoms with van der Waals surface area (Å²) in [6, 6.07) is 5.06. The van der Waals surface area contributed by atoms with E-state index in [-0.39, 0.29) is 30.2 Å². The van der Waals surface area contributed by atoms with Crippen molar-refractivity contribution in [3.8, 4) is 5.82 Å². The van der Waals surface area contributed by atoms with Crippen LogP contribution in [0, 0.1) is 12.7 Å². The molecule has 1 aliphatic heterocycles. The van der Waals surface area contributed by atoms with E-state index in [1.54, 1.807) is 19.4 Å². The number of amides is 2. The van der Waals surface area contributed by atoms with Crippen molar-refractivity contribution >= 4 is 29.1 Å². The predicted octanol–water partition coefficient (Wildman–Crippen LogP) is 3.39. The van der Waals surface area contributed by atoms with Crippen LogP contribution in [0.15, 0.2) is 36.8 Å². The fraction of sp³-hybridized carbons (Fsp3) is 0.393. The monoisotopic (exact) mass is 574 g/mol. The van der Waals surface area contributed by atoms with E-state index in [0.29, 0.717) is 60.3 Å². The minimum Gasteiger partial charge on any atom is -0.368 e. The zero-order valence-electron chi connectivity index (χ0n) is 23.4. The Balaban J connectivity index is 1.13. The SMILES string of the molecule is CO[C@]1(C(=O)N[C@@H](C)c2ccc(-n3cc(F)cn3)nc2)CC[C@H](c2nc3c(c(Nc4cc(C)[nH]n4)n2)NC(=O)C3)CC1. The van der Waals surface area contributed by atoms with Crippen LogP contribution in [-0.2, 0) is 20.7 Å². The minimum absolute atomic E-state index is 0.00940. The van der Waals surface area contributed by atoms with E-state index in [2.05, 4.69) is 36.2 Å². The first-order valence-electron chi connectivity index (χ1n) is 13.8. The number of nitrogens with one attached hydrogen (secondary N) is 4. The number of ether oxygens (including phenoxy) is 1. The van der Waals surface area contributed by atoms with E-state index in [1.165, 1.54) is 10.9 Å². The van der Waals surface area contributed by atoms with Gasteiger partial charge in [-0.3, -0.25) is 14.7 Å². The summed E-state index contributed by atoms with van der Waals surface area (Å²) in [6.07, 6.45) is 6.40. The van der Waals surface area contributed by atoms with Crippen molar-refractivity contribution in [2.45, 2.75) is 63.5 Å². The van der Waals surface area contributed by atoms with E-state index in [1.807, 2.05) is 26.0 Å². The fourth-order valence-corrected chi connectivity index (χ4v) is 5.49. The lowest BCUT2D eigenvalue weighted by Gasteiger charge is -2.38. The number of methoxy groups -OCH3 is 1. The molecule has 0 unspecified atom stereocenters. The van der Waals surface area contributed by atoms with Crippen molar-refractivity contribution in [2.24, 2.45) is 0 Å². The van der Waals surface area contributed by atoms with E-state index in [4.69, 9.17) is 14.7 Å². The van der Waals surface area contributed by atoms with Gasteiger partial charge in [0.25, 0.3) is 5.91 Å². The molecule has 0 bridgehead atoms. The van der Waals surface area contributed by atoms with Crippen LogP contribution in [-0.4, -0.2) is 59.5 Å². The molecule has 2 amide bonds. The van der Waals surface area contributed by atoms with Crippen LogP contribution < -0.4 is 16.0 Å². The molecule has 5 heterocycles. The molecule has 1 fully saturated rings. The van der Waals surface area contributed by atoms with Crippen LogP contribution in [0.5, 0.6) is 0 Å². The number of carbonyl (C=O) groups is 2. The minimum atomic E-state index is -0.993. The summed E-state index contributed by atoms with van der Waals surface area (Å²) in [7, 11) is 1.56. The molecular formula is C28H31FN10O3. The second-order valence-corrected chi connectivity index (χ2v) is 10.8. The molecule has 2 aliphatic rings. The largest absolute Gasteiger partial charge is 0.368 e. The van der Waals surface area contributed by atoms with Gasteiger partial charge in [-0.15, -0.1) is 0 Å². The molecule has 4 N–H and O–H groups in total. The maximum Gasteiger partial charge on any atom is 0.252 e. The van der Waals surface area contributed by atoms with Crippen molar-refractivity contribution in [3.63, 3.8) is 0 Å². The Morgan fingerprint density at radius 3 is 2.69 bits per heavy atom. The number of fused-ring (bicyclic) bond motifs is 1. The van der Waals surface area contributed by atoms with Crippen LogP contribution >= 0.6 is 0 Å². The lowest BCUT2D eigenvalue weighted by atomic mass is 9.77. The molecule has 218 valence electrons. The number of rotatable bonds is 8. The quantitative estimate of drug-likeness (QED) is 0.247. The molecule has 1 atom stereocenters. The summed E-state index contributed by atoms with van der Waals surface area (Å²) in [5.41, 5.74) is 1.90. The summed E-state index contributed by atoms with van der Waals surface area (Å²) >= 11 is 0. The Labute approximate surface area is 240 Å². The third-order valence-corrected chi connectivity index (χ3v) is 7.91. The Hall–Kier alpha value is -4.72. The third-order valence-electron chi connectivity index (χ3n) is 7.91. The van der Waals surface area contributed by atoms with Crippen LogP contribution in [0.4, 0.5) is 21.7 Å². The molecule has 0 aromatic carbocycles. The highest BCUT2D eigenvalue weighted by Crippen LogP contribution is 2.41. The molecule has 1 aliphatic carbocycles. The molecule has 0 spiro atoms. The van der Waals surface area contributed by atoms with E-state index < -0.39 is 11.4 Å². The van der Waals surface area contributed by atoms with Gasteiger partial charge in [0.2, 0.25) is 5.91 Å². The highest BCUT2D eigenvalue weighted by Gasteiger charge is 2.43. The first-order chi connectivity index (χ1) is 20.2. The van der Waals surface area contributed by atoms with Gasteiger partial charge in [-0.25, -0.2) is 24.0 Å². The highest BCUT2D eigenvalue weighted by atomic mass is 19.1. The van der Waals surface area contributed by atoms with E-state index >= 15 is 0 Å². The number of aromatic nitrogens is 7. The van der Waals surface area contributed by atoms with Crippen LogP contribution in [0.25, 0.3) is 5.82 Å². The summed E-state index contributed by atoms with van der Waals surface area (Å²) in [5, 5.41) is 20.1. The molecule has 13 nitrogen and oxygen atoms in total. The molecular weight excluding hydrogens is 543 g/mol. The number of nitrogens with zero attached hydrogens (tertiary/aromatic N) is 6. The fourth-order valence-electron chi connectivity index (χ4n) is 5.49. The van der Waals surface area contributed by atoms with Gasteiger partial charge < -0.3 is 20.7 Å². The van der Waals surface area contributed by atoms with Crippen molar-refractivity contribution in [2.75, 3.05) is 17.7 Å². The maximum atomic E-state index is 13.5. The van der Waals surface area contributed by atoms with Crippen LogP contribution in [0.1, 0.15) is 67.3 Å². The van der Waals surface area contributed by atoms with E-state index in [0.717, 1.165) is 17.5 Å². The lowest BCUT2D eigenvalue weighted by Crippen LogP contribution is -2.50. The van der Waals surface area contributed by atoms with Gasteiger partial charge in [-0.2, -0.15) is 10.2 Å². The van der Waals surface area contributed by atoms with Gasteiger partial charge >= 0.3 is 0 Å². The normalized spacial score (nSPS) is 20.6. The van der Waals surface area contributed by atoms with Gasteiger partial charge in [0.05, 0.1) is 30.6 Å². The highest BCUT2D eigenvalue weighted by molar-refractivity contribution is 6.01. The number of hydrogen-bond donors (Lipinski definition) is 4. The molecule has 1 saturated carbocycles. The van der Waals surface area contributed by atoms with Crippen molar-refractivity contribution in [3.05, 3.63) is 65.4 Å². The first kappa shape index (κ1) is 27.4. The average molecular weight is 575 g/mol. The second-order valence-electron chi connectivity index (χ2n) is 10.8. The average Bonchev–Trinajstić information content (AvgIpc) is 3.72. The number of carbonyl (C=O) groups excluding carboxylic acids is 2. The van der Waals surface area contributed by atoms with Gasteiger partial charge in [0.1, 0.15) is 17.1 Å². The van der Waals surface area contributed by atoms with Crippen LogP contribution in [0.2, 0.25) is 0 Å². The first-order valence-corrected chi connectivity index (χ1v) is 13.8. The molecule has 0 radical (unpaired) electrons. The zero-order chi connectivity index (χ0) is 29.4. The van der Waals surface area contributed by atoms with Gasteiger partial charge in [-0.1, -0.05) is 6.07 Å². The molecule has 42 heavy (non-hydrogen) atoms. The number of aromatic amines is 1. The Morgan fingerprint density at radius 2 is 2.05 bits per heavy atom. The lowest BCUT2D eigenvalue weighted by molar-refractivity contribution is -0.148. The molecule has 4 aromatic rings. The molecule has 6 rings (SSSR count). The molecule has 4 aromatic heterocycles. The Morgan fingerprint density at radius 1 is 1.24 bits per heavy atom.